The summed E-state index contributed by atoms with van der Waals surface area (Å²) in [5, 5.41) is 3.43. The van der Waals surface area contributed by atoms with Crippen LogP contribution in [0, 0.1) is 5.41 Å². The van der Waals surface area contributed by atoms with Crippen LogP contribution in [0.2, 0.25) is 0 Å². The predicted octanol–water partition coefficient (Wildman–Crippen LogP) is 2.98. The highest BCUT2D eigenvalue weighted by Crippen LogP contribution is 2.16. The lowest BCUT2D eigenvalue weighted by atomic mass is 9.92. The van der Waals surface area contributed by atoms with Crippen LogP contribution in [0.15, 0.2) is 12.2 Å². The topological polar surface area (TPSA) is 12.0 Å². The maximum atomic E-state index is 3.43. The van der Waals surface area contributed by atoms with Crippen LogP contribution >= 0.6 is 0 Å². The molecule has 0 aromatic heterocycles. The molecule has 0 rings (SSSR count). The highest BCUT2D eigenvalue weighted by Gasteiger charge is 2.07. The van der Waals surface area contributed by atoms with Crippen LogP contribution in [0.1, 0.15) is 40.5 Å². The number of hydrogen-bond acceptors (Lipinski definition) is 1. The number of nitrogens with one attached hydrogen (secondary N) is 1. The predicted molar refractivity (Wildman–Crippen MR) is 56.4 cm³/mol. The molecule has 1 N–H and O–H groups in total. The van der Waals surface area contributed by atoms with E-state index in [1.807, 2.05) is 0 Å². The van der Waals surface area contributed by atoms with Crippen molar-refractivity contribution < 1.29 is 0 Å². The van der Waals surface area contributed by atoms with E-state index in [4.69, 9.17) is 0 Å². The van der Waals surface area contributed by atoms with E-state index in [1.165, 1.54) is 6.42 Å². The molecule has 0 aliphatic rings. The van der Waals surface area contributed by atoms with E-state index < -0.39 is 0 Å². The molecule has 0 saturated carbocycles. The summed E-state index contributed by atoms with van der Waals surface area (Å²) in [4.78, 5) is 0. The normalized spacial score (nSPS) is 12.7. The average molecular weight is 169 g/mol. The molecule has 0 aromatic carbocycles. The lowest BCUT2D eigenvalue weighted by Crippen LogP contribution is -2.21. The third-order valence-electron chi connectivity index (χ3n) is 1.78. The fourth-order valence-electron chi connectivity index (χ4n) is 0.940. The van der Waals surface area contributed by atoms with E-state index in [9.17, 15) is 0 Å². The molecule has 0 amide bonds. The fourth-order valence-corrected chi connectivity index (χ4v) is 0.940. The Labute approximate surface area is 77.2 Å². The Balaban J connectivity index is 3.11. The van der Waals surface area contributed by atoms with Gasteiger partial charge in [-0.15, -0.1) is 0 Å². The second kappa shape index (κ2) is 6.24. The van der Waals surface area contributed by atoms with Crippen LogP contribution in [0.4, 0.5) is 0 Å². The van der Waals surface area contributed by atoms with Crippen molar-refractivity contribution in [3.63, 3.8) is 0 Å². The summed E-state index contributed by atoms with van der Waals surface area (Å²) in [7, 11) is 0. The molecule has 0 bridgehead atoms. The SMILES string of the molecule is C/C=C/CCNCCC(C)(C)C. The molecule has 0 unspecified atom stereocenters. The molecule has 72 valence electrons. The van der Waals surface area contributed by atoms with Gasteiger partial charge in [0.25, 0.3) is 0 Å². The van der Waals surface area contributed by atoms with Gasteiger partial charge in [0.1, 0.15) is 0 Å². The Hall–Kier alpha value is -0.300. The molecule has 0 aliphatic heterocycles. The van der Waals surface area contributed by atoms with Crippen LogP contribution in [-0.2, 0) is 0 Å². The van der Waals surface area contributed by atoms with Gasteiger partial charge in [-0.3, -0.25) is 0 Å². The van der Waals surface area contributed by atoms with Crippen LogP contribution in [0.3, 0.4) is 0 Å². The van der Waals surface area contributed by atoms with Gasteiger partial charge in [-0.1, -0.05) is 32.9 Å². The highest BCUT2D eigenvalue weighted by molar-refractivity contribution is 4.77. The molecule has 0 spiro atoms. The van der Waals surface area contributed by atoms with Gasteiger partial charge in [0.2, 0.25) is 0 Å². The average Bonchev–Trinajstić information content (AvgIpc) is 1.94. The van der Waals surface area contributed by atoms with Gasteiger partial charge >= 0.3 is 0 Å². The molecule has 0 atom stereocenters. The second-order valence-electron chi connectivity index (χ2n) is 4.42. The van der Waals surface area contributed by atoms with Crippen molar-refractivity contribution in [3.05, 3.63) is 12.2 Å². The van der Waals surface area contributed by atoms with E-state index in [0.717, 1.165) is 19.5 Å². The number of allylic oxidation sites excluding steroid dienone is 1. The number of hydrogen-bond donors (Lipinski definition) is 1. The van der Waals surface area contributed by atoms with Gasteiger partial charge in [0.05, 0.1) is 0 Å². The Morgan fingerprint density at radius 1 is 1.17 bits per heavy atom. The van der Waals surface area contributed by atoms with E-state index in [2.05, 4.69) is 45.2 Å². The van der Waals surface area contributed by atoms with Gasteiger partial charge in [-0.05, 0) is 38.3 Å². The Morgan fingerprint density at radius 2 is 1.83 bits per heavy atom. The summed E-state index contributed by atoms with van der Waals surface area (Å²) < 4.78 is 0. The molecule has 1 heteroatoms. The van der Waals surface area contributed by atoms with Gasteiger partial charge in [-0.2, -0.15) is 0 Å². The molecule has 0 aromatic rings. The summed E-state index contributed by atoms with van der Waals surface area (Å²) in [5.41, 5.74) is 0.466. The van der Waals surface area contributed by atoms with Gasteiger partial charge in [-0.25, -0.2) is 0 Å². The molecule has 0 aliphatic carbocycles. The van der Waals surface area contributed by atoms with Crippen molar-refractivity contribution in [2.45, 2.75) is 40.5 Å². The second-order valence-corrected chi connectivity index (χ2v) is 4.42. The first-order chi connectivity index (χ1) is 5.56. The van der Waals surface area contributed by atoms with Gasteiger partial charge < -0.3 is 5.32 Å². The lowest BCUT2D eigenvalue weighted by Gasteiger charge is -2.17. The maximum absolute atomic E-state index is 3.43. The van der Waals surface area contributed by atoms with Crippen LogP contribution < -0.4 is 5.32 Å². The third kappa shape index (κ3) is 9.70. The number of rotatable bonds is 5. The zero-order valence-electron chi connectivity index (χ0n) is 8.98. The summed E-state index contributed by atoms with van der Waals surface area (Å²) >= 11 is 0. The zero-order chi connectivity index (χ0) is 9.45. The highest BCUT2D eigenvalue weighted by atomic mass is 14.8. The van der Waals surface area contributed by atoms with Crippen LogP contribution in [0.25, 0.3) is 0 Å². The maximum Gasteiger partial charge on any atom is -0.00143 e. The fraction of sp³-hybridized carbons (Fsp3) is 0.818. The van der Waals surface area contributed by atoms with Crippen molar-refractivity contribution in [1.82, 2.24) is 5.32 Å². The Bertz CT molecular complexity index is 119. The summed E-state index contributed by atoms with van der Waals surface area (Å²) in [6.07, 6.45) is 6.71. The van der Waals surface area contributed by atoms with Crippen molar-refractivity contribution >= 4 is 0 Å². The summed E-state index contributed by atoms with van der Waals surface area (Å²) in [6, 6.07) is 0. The zero-order valence-corrected chi connectivity index (χ0v) is 8.98. The molecule has 1 nitrogen and oxygen atoms in total. The van der Waals surface area contributed by atoms with Crippen LogP contribution in [-0.4, -0.2) is 13.1 Å². The lowest BCUT2D eigenvalue weighted by molar-refractivity contribution is 0.368. The third-order valence-corrected chi connectivity index (χ3v) is 1.78. The first-order valence-electron chi connectivity index (χ1n) is 4.88. The molecular formula is C11H23N. The van der Waals surface area contributed by atoms with E-state index in [0.29, 0.717) is 5.41 Å². The minimum absolute atomic E-state index is 0.466. The Morgan fingerprint density at radius 3 is 2.33 bits per heavy atom. The molecule has 0 fully saturated rings. The molecule has 0 radical (unpaired) electrons. The first kappa shape index (κ1) is 11.7. The van der Waals surface area contributed by atoms with E-state index >= 15 is 0 Å². The van der Waals surface area contributed by atoms with Crippen molar-refractivity contribution in [2.24, 2.45) is 5.41 Å². The molecule has 0 heterocycles. The monoisotopic (exact) mass is 169 g/mol. The van der Waals surface area contributed by atoms with E-state index in [-0.39, 0.29) is 0 Å². The quantitative estimate of drug-likeness (QED) is 0.493. The summed E-state index contributed by atoms with van der Waals surface area (Å²) in [5.74, 6) is 0. The molecule has 0 saturated heterocycles. The first-order valence-corrected chi connectivity index (χ1v) is 4.88. The van der Waals surface area contributed by atoms with Crippen molar-refractivity contribution in [2.75, 3.05) is 13.1 Å². The van der Waals surface area contributed by atoms with Crippen LogP contribution in [0.5, 0.6) is 0 Å². The van der Waals surface area contributed by atoms with E-state index in [1.54, 1.807) is 0 Å². The minimum Gasteiger partial charge on any atom is -0.316 e. The van der Waals surface area contributed by atoms with Crippen molar-refractivity contribution in [1.29, 1.82) is 0 Å². The standard InChI is InChI=1S/C11H23N/c1-5-6-7-9-12-10-8-11(2,3)4/h5-6,12H,7-10H2,1-4H3/b6-5+. The largest absolute Gasteiger partial charge is 0.316 e. The smallest absolute Gasteiger partial charge is 0.00143 e. The van der Waals surface area contributed by atoms with Crippen molar-refractivity contribution in [3.8, 4) is 0 Å². The summed E-state index contributed by atoms with van der Waals surface area (Å²) in [6.45, 7) is 11.2. The molecule has 12 heavy (non-hydrogen) atoms. The van der Waals surface area contributed by atoms with Gasteiger partial charge in [0, 0.05) is 0 Å². The van der Waals surface area contributed by atoms with Gasteiger partial charge in [0.15, 0.2) is 0 Å². The molecular weight excluding hydrogens is 146 g/mol. The Kier molecular flexibility index (Phi) is 6.09. The minimum atomic E-state index is 0.466.